The van der Waals surface area contributed by atoms with E-state index in [1.54, 1.807) is 0 Å². The molecule has 25 heavy (non-hydrogen) atoms. The third-order valence-electron chi connectivity index (χ3n) is 4.80. The quantitative estimate of drug-likeness (QED) is 0.669. The third-order valence-corrected chi connectivity index (χ3v) is 4.80. The largest absolute Gasteiger partial charge is 0.353 e. The van der Waals surface area contributed by atoms with Crippen molar-refractivity contribution in [1.82, 2.24) is 9.97 Å². The molecule has 7 nitrogen and oxygen atoms in total. The Kier molecular flexibility index (Phi) is 4.83. The highest BCUT2D eigenvalue weighted by Gasteiger charge is 2.29. The van der Waals surface area contributed by atoms with Crippen molar-refractivity contribution in [2.24, 2.45) is 5.92 Å². The lowest BCUT2D eigenvalue weighted by Gasteiger charge is -2.31. The Morgan fingerprint density at radius 2 is 2.12 bits per heavy atom. The molecule has 7 heteroatoms. The van der Waals surface area contributed by atoms with E-state index in [9.17, 15) is 10.1 Å². The first kappa shape index (κ1) is 17.1. The Morgan fingerprint density at radius 3 is 2.84 bits per heavy atom. The van der Waals surface area contributed by atoms with E-state index in [0.29, 0.717) is 11.7 Å². The highest BCUT2D eigenvalue weighted by atomic mass is 16.6. The van der Waals surface area contributed by atoms with Gasteiger partial charge in [0.15, 0.2) is 0 Å². The van der Waals surface area contributed by atoms with Crippen molar-refractivity contribution in [3.05, 3.63) is 45.8 Å². The van der Waals surface area contributed by atoms with Crippen molar-refractivity contribution in [3.8, 4) is 0 Å². The number of benzene rings is 1. The van der Waals surface area contributed by atoms with Gasteiger partial charge in [0.1, 0.15) is 6.33 Å². The van der Waals surface area contributed by atoms with Gasteiger partial charge in [-0.05, 0) is 49.8 Å². The Hall–Kier alpha value is -2.70. The van der Waals surface area contributed by atoms with Crippen LogP contribution in [0.15, 0.2) is 24.5 Å². The summed E-state index contributed by atoms with van der Waals surface area (Å²) < 4.78 is 0. The SMILES string of the molecule is Cc1cccc(Nc2ncnc(N3CCCC(C)C3)c2[N+](=O)[O-])c1C. The van der Waals surface area contributed by atoms with Crippen LogP contribution < -0.4 is 10.2 Å². The lowest BCUT2D eigenvalue weighted by atomic mass is 10.0. The molecule has 2 aromatic rings. The van der Waals surface area contributed by atoms with Crippen molar-refractivity contribution in [2.45, 2.75) is 33.6 Å². The van der Waals surface area contributed by atoms with Gasteiger partial charge < -0.3 is 10.2 Å². The number of nitrogens with zero attached hydrogens (tertiary/aromatic N) is 4. The number of aryl methyl sites for hydroxylation is 1. The van der Waals surface area contributed by atoms with Crippen LogP contribution in [-0.4, -0.2) is 28.0 Å². The molecule has 2 heterocycles. The smallest absolute Gasteiger partial charge is 0.350 e. The molecular weight excluding hydrogens is 318 g/mol. The van der Waals surface area contributed by atoms with Gasteiger partial charge in [0.25, 0.3) is 0 Å². The summed E-state index contributed by atoms with van der Waals surface area (Å²) in [5.74, 6) is 1.14. The zero-order valence-corrected chi connectivity index (χ0v) is 14.8. The zero-order chi connectivity index (χ0) is 18.0. The minimum Gasteiger partial charge on any atom is -0.350 e. The molecule has 1 aromatic carbocycles. The minimum atomic E-state index is -0.387. The number of rotatable bonds is 4. The Labute approximate surface area is 147 Å². The van der Waals surface area contributed by atoms with Gasteiger partial charge in [0.2, 0.25) is 11.6 Å². The van der Waals surface area contributed by atoms with Crippen molar-refractivity contribution in [1.29, 1.82) is 0 Å². The van der Waals surface area contributed by atoms with Crippen LogP contribution in [0.25, 0.3) is 0 Å². The van der Waals surface area contributed by atoms with Gasteiger partial charge in [-0.15, -0.1) is 0 Å². The number of hydrogen-bond donors (Lipinski definition) is 1. The molecule has 1 aromatic heterocycles. The topological polar surface area (TPSA) is 84.2 Å². The summed E-state index contributed by atoms with van der Waals surface area (Å²) >= 11 is 0. The first-order chi connectivity index (χ1) is 12.0. The normalized spacial score (nSPS) is 17.4. The summed E-state index contributed by atoms with van der Waals surface area (Å²) in [4.78, 5) is 21.8. The van der Waals surface area contributed by atoms with E-state index in [1.807, 2.05) is 36.9 Å². The van der Waals surface area contributed by atoms with Crippen LogP contribution in [0.4, 0.5) is 23.0 Å². The van der Waals surface area contributed by atoms with Gasteiger partial charge in [-0.3, -0.25) is 10.1 Å². The maximum atomic E-state index is 11.8. The summed E-state index contributed by atoms with van der Waals surface area (Å²) in [6.45, 7) is 7.72. The molecule has 0 saturated carbocycles. The fourth-order valence-electron chi connectivity index (χ4n) is 3.26. The van der Waals surface area contributed by atoms with Crippen LogP contribution >= 0.6 is 0 Å². The molecule has 1 unspecified atom stereocenters. The van der Waals surface area contributed by atoms with E-state index < -0.39 is 0 Å². The van der Waals surface area contributed by atoms with Crippen molar-refractivity contribution in [2.75, 3.05) is 23.3 Å². The molecule has 0 amide bonds. The van der Waals surface area contributed by atoms with Crippen LogP contribution in [0, 0.1) is 29.9 Å². The average molecular weight is 341 g/mol. The molecule has 0 bridgehead atoms. The predicted molar refractivity (Wildman–Crippen MR) is 98.5 cm³/mol. The van der Waals surface area contributed by atoms with Crippen LogP contribution in [0.1, 0.15) is 30.9 Å². The van der Waals surface area contributed by atoms with Gasteiger partial charge in [-0.2, -0.15) is 0 Å². The maximum Gasteiger partial charge on any atom is 0.353 e. The first-order valence-corrected chi connectivity index (χ1v) is 8.55. The molecule has 3 rings (SSSR count). The van der Waals surface area contributed by atoms with Crippen LogP contribution in [0.2, 0.25) is 0 Å². The van der Waals surface area contributed by atoms with E-state index in [4.69, 9.17) is 0 Å². The predicted octanol–water partition coefficient (Wildman–Crippen LogP) is 3.98. The molecular formula is C18H23N5O2. The third kappa shape index (κ3) is 3.55. The number of aromatic nitrogens is 2. The zero-order valence-electron chi connectivity index (χ0n) is 14.8. The maximum absolute atomic E-state index is 11.8. The summed E-state index contributed by atoms with van der Waals surface area (Å²) in [7, 11) is 0. The van der Waals surface area contributed by atoms with Crippen molar-refractivity contribution >= 4 is 23.0 Å². The number of hydrogen-bond acceptors (Lipinski definition) is 6. The molecule has 0 aliphatic carbocycles. The van der Waals surface area contributed by atoms with E-state index in [0.717, 1.165) is 42.7 Å². The Balaban J connectivity index is 2.01. The summed E-state index contributed by atoms with van der Waals surface area (Å²) in [5, 5.41) is 14.9. The lowest BCUT2D eigenvalue weighted by Crippen LogP contribution is -2.35. The van der Waals surface area contributed by atoms with E-state index in [1.165, 1.54) is 6.33 Å². The van der Waals surface area contributed by atoms with E-state index >= 15 is 0 Å². The molecule has 132 valence electrons. The Bertz CT molecular complexity index is 793. The van der Waals surface area contributed by atoms with Crippen LogP contribution in [-0.2, 0) is 0 Å². The standard InChI is InChI=1S/C18H23N5O2/c1-12-6-5-9-22(10-12)18-16(23(24)25)17(19-11-20-18)21-15-8-4-7-13(2)14(15)3/h4,7-8,11-12H,5-6,9-10H2,1-3H3,(H,19,20,21). The number of anilines is 3. The minimum absolute atomic E-state index is 0.0579. The number of nitro groups is 1. The van der Waals surface area contributed by atoms with Gasteiger partial charge in [-0.1, -0.05) is 19.1 Å². The van der Waals surface area contributed by atoms with Crippen LogP contribution in [0.3, 0.4) is 0 Å². The fraction of sp³-hybridized carbons (Fsp3) is 0.444. The van der Waals surface area contributed by atoms with Gasteiger partial charge in [-0.25, -0.2) is 9.97 Å². The first-order valence-electron chi connectivity index (χ1n) is 8.55. The van der Waals surface area contributed by atoms with Gasteiger partial charge in [0.05, 0.1) is 4.92 Å². The number of nitrogens with one attached hydrogen (secondary N) is 1. The molecule has 1 N–H and O–H groups in total. The molecule has 1 saturated heterocycles. The molecule has 1 fully saturated rings. The Morgan fingerprint density at radius 1 is 1.32 bits per heavy atom. The van der Waals surface area contributed by atoms with Gasteiger partial charge >= 0.3 is 5.69 Å². The molecule has 0 spiro atoms. The molecule has 1 aliphatic heterocycles. The second-order valence-electron chi connectivity index (χ2n) is 6.72. The molecule has 1 atom stereocenters. The second-order valence-corrected chi connectivity index (χ2v) is 6.72. The summed E-state index contributed by atoms with van der Waals surface area (Å²) in [6, 6.07) is 5.83. The lowest BCUT2D eigenvalue weighted by molar-refractivity contribution is -0.383. The van der Waals surface area contributed by atoms with Gasteiger partial charge in [0, 0.05) is 18.8 Å². The van der Waals surface area contributed by atoms with Crippen LogP contribution in [0.5, 0.6) is 0 Å². The number of piperidine rings is 1. The van der Waals surface area contributed by atoms with Crippen molar-refractivity contribution in [3.63, 3.8) is 0 Å². The fourth-order valence-corrected chi connectivity index (χ4v) is 3.26. The van der Waals surface area contributed by atoms with Crippen molar-refractivity contribution < 1.29 is 4.92 Å². The molecule has 0 radical (unpaired) electrons. The second kappa shape index (κ2) is 7.04. The summed E-state index contributed by atoms with van der Waals surface area (Å²) in [5.41, 5.74) is 2.92. The highest BCUT2D eigenvalue weighted by Crippen LogP contribution is 2.36. The highest BCUT2D eigenvalue weighted by molar-refractivity contribution is 5.75. The average Bonchev–Trinajstić information content (AvgIpc) is 2.58. The molecule has 1 aliphatic rings. The monoisotopic (exact) mass is 341 g/mol. The summed E-state index contributed by atoms with van der Waals surface area (Å²) in [6.07, 6.45) is 3.56. The van der Waals surface area contributed by atoms with E-state index in [-0.39, 0.29) is 16.4 Å². The van der Waals surface area contributed by atoms with E-state index in [2.05, 4.69) is 22.2 Å².